The van der Waals surface area contributed by atoms with E-state index < -0.39 is 15.9 Å². The van der Waals surface area contributed by atoms with Crippen molar-refractivity contribution in [1.82, 2.24) is 4.31 Å². The van der Waals surface area contributed by atoms with E-state index in [1.54, 1.807) is 13.0 Å². The lowest BCUT2D eigenvalue weighted by atomic mass is 9.89. The lowest BCUT2D eigenvalue weighted by molar-refractivity contribution is -0.152. The van der Waals surface area contributed by atoms with Crippen LogP contribution in [0.3, 0.4) is 0 Å². The summed E-state index contributed by atoms with van der Waals surface area (Å²) in [6.45, 7) is 2.72. The molecule has 1 saturated carbocycles. The first-order valence-electron chi connectivity index (χ1n) is 10.0. The standard InChI is InChI=1S/C20H28N2O6S/c1-15-7-8-17(29(25,26)22-9-11-27-12-10-22)13-18(15)21-19(23)14-28-20(24)16-5-3-2-4-6-16/h7-8,13,16H,2-6,9-12,14H2,1H3,(H,21,23). The molecular weight excluding hydrogens is 396 g/mol. The lowest BCUT2D eigenvalue weighted by Gasteiger charge is -2.26. The van der Waals surface area contributed by atoms with Gasteiger partial charge in [0, 0.05) is 18.8 Å². The van der Waals surface area contributed by atoms with Gasteiger partial charge in [0.1, 0.15) is 0 Å². The molecule has 0 atom stereocenters. The third kappa shape index (κ3) is 5.55. The van der Waals surface area contributed by atoms with Gasteiger partial charge in [-0.25, -0.2) is 8.42 Å². The van der Waals surface area contributed by atoms with Crippen molar-refractivity contribution in [3.05, 3.63) is 23.8 Å². The minimum Gasteiger partial charge on any atom is -0.455 e. The van der Waals surface area contributed by atoms with Gasteiger partial charge < -0.3 is 14.8 Å². The van der Waals surface area contributed by atoms with Crippen molar-refractivity contribution in [1.29, 1.82) is 0 Å². The van der Waals surface area contributed by atoms with E-state index in [9.17, 15) is 18.0 Å². The van der Waals surface area contributed by atoms with Crippen LogP contribution in [0.25, 0.3) is 0 Å². The molecule has 3 rings (SSSR count). The number of sulfonamides is 1. The predicted molar refractivity (Wildman–Crippen MR) is 107 cm³/mol. The average molecular weight is 425 g/mol. The van der Waals surface area contributed by atoms with Crippen molar-refractivity contribution in [3.63, 3.8) is 0 Å². The first kappa shape index (κ1) is 21.7. The normalized spacial score (nSPS) is 18.9. The maximum atomic E-state index is 12.8. The number of amides is 1. The highest BCUT2D eigenvalue weighted by Crippen LogP contribution is 2.25. The molecule has 9 heteroatoms. The largest absolute Gasteiger partial charge is 0.455 e. The Morgan fingerprint density at radius 2 is 1.86 bits per heavy atom. The average Bonchev–Trinajstić information content (AvgIpc) is 2.74. The predicted octanol–water partition coefficient (Wildman–Crippen LogP) is 2.08. The Bertz CT molecular complexity index is 843. The van der Waals surface area contributed by atoms with Crippen LogP contribution in [0.2, 0.25) is 0 Å². The minimum atomic E-state index is -3.66. The number of hydrogen-bond donors (Lipinski definition) is 1. The van der Waals surface area contributed by atoms with Crippen LogP contribution in [0.4, 0.5) is 5.69 Å². The van der Waals surface area contributed by atoms with Crippen LogP contribution < -0.4 is 5.32 Å². The summed E-state index contributed by atoms with van der Waals surface area (Å²) >= 11 is 0. The Hall–Kier alpha value is -1.97. The van der Waals surface area contributed by atoms with Crippen LogP contribution in [0.1, 0.15) is 37.7 Å². The summed E-state index contributed by atoms with van der Waals surface area (Å²) in [5.41, 5.74) is 1.11. The highest BCUT2D eigenvalue weighted by atomic mass is 32.2. The first-order valence-corrected chi connectivity index (χ1v) is 11.5. The van der Waals surface area contributed by atoms with E-state index in [-0.39, 0.29) is 23.4 Å². The van der Waals surface area contributed by atoms with E-state index in [2.05, 4.69) is 5.32 Å². The summed E-state index contributed by atoms with van der Waals surface area (Å²) in [5.74, 6) is -0.946. The molecule has 1 aliphatic heterocycles. The van der Waals surface area contributed by atoms with Crippen LogP contribution in [0.5, 0.6) is 0 Å². The number of carbonyl (C=O) groups is 2. The van der Waals surface area contributed by atoms with Gasteiger partial charge in [0.25, 0.3) is 5.91 Å². The van der Waals surface area contributed by atoms with Crippen LogP contribution in [0, 0.1) is 12.8 Å². The van der Waals surface area contributed by atoms with Gasteiger partial charge in [-0.2, -0.15) is 4.31 Å². The van der Waals surface area contributed by atoms with Crippen LogP contribution in [0.15, 0.2) is 23.1 Å². The van der Waals surface area contributed by atoms with Gasteiger partial charge in [-0.05, 0) is 37.5 Å². The highest BCUT2D eigenvalue weighted by molar-refractivity contribution is 7.89. The topological polar surface area (TPSA) is 102 Å². The van der Waals surface area contributed by atoms with Gasteiger partial charge in [0.05, 0.1) is 24.0 Å². The third-order valence-corrected chi connectivity index (χ3v) is 7.27. The molecule has 160 valence electrons. The van der Waals surface area contributed by atoms with Gasteiger partial charge in [0.15, 0.2) is 6.61 Å². The molecule has 1 aromatic rings. The lowest BCUT2D eigenvalue weighted by Crippen LogP contribution is -2.40. The highest BCUT2D eigenvalue weighted by Gasteiger charge is 2.27. The fraction of sp³-hybridized carbons (Fsp3) is 0.600. The van der Waals surface area contributed by atoms with Crippen molar-refractivity contribution in [2.24, 2.45) is 5.92 Å². The zero-order valence-electron chi connectivity index (χ0n) is 16.7. The molecule has 2 aliphatic rings. The molecule has 1 saturated heterocycles. The number of carbonyl (C=O) groups excluding carboxylic acids is 2. The summed E-state index contributed by atoms with van der Waals surface area (Å²) in [4.78, 5) is 24.4. The van der Waals surface area contributed by atoms with Crippen LogP contribution in [-0.2, 0) is 29.1 Å². The van der Waals surface area contributed by atoms with Crippen LogP contribution in [-0.4, -0.2) is 57.5 Å². The van der Waals surface area contributed by atoms with E-state index >= 15 is 0 Å². The number of esters is 1. The van der Waals surface area contributed by atoms with E-state index in [0.29, 0.717) is 32.0 Å². The number of anilines is 1. The van der Waals surface area contributed by atoms with E-state index in [1.165, 1.54) is 16.4 Å². The molecule has 8 nitrogen and oxygen atoms in total. The quantitative estimate of drug-likeness (QED) is 0.702. The second-order valence-corrected chi connectivity index (χ2v) is 9.42. The zero-order chi connectivity index (χ0) is 20.9. The maximum Gasteiger partial charge on any atom is 0.309 e. The molecule has 0 bridgehead atoms. The number of morpholine rings is 1. The van der Waals surface area contributed by atoms with Gasteiger partial charge in [0.2, 0.25) is 10.0 Å². The number of hydrogen-bond acceptors (Lipinski definition) is 6. The van der Waals surface area contributed by atoms with Gasteiger partial charge in [-0.15, -0.1) is 0 Å². The summed E-state index contributed by atoms with van der Waals surface area (Å²) in [6.07, 6.45) is 4.76. The second-order valence-electron chi connectivity index (χ2n) is 7.48. The number of rotatable bonds is 6. The molecule has 0 aromatic heterocycles. The number of ether oxygens (including phenoxy) is 2. The van der Waals surface area contributed by atoms with Gasteiger partial charge in [-0.1, -0.05) is 25.3 Å². The Kier molecular flexibility index (Phi) is 7.26. The van der Waals surface area contributed by atoms with Gasteiger partial charge in [-0.3, -0.25) is 9.59 Å². The Morgan fingerprint density at radius 3 is 2.55 bits per heavy atom. The molecule has 1 aliphatic carbocycles. The number of nitrogens with zero attached hydrogens (tertiary/aromatic N) is 1. The summed E-state index contributed by atoms with van der Waals surface area (Å²) < 4.78 is 37.4. The Labute approximate surface area is 171 Å². The second kappa shape index (κ2) is 9.69. The number of benzene rings is 1. The monoisotopic (exact) mass is 424 g/mol. The summed E-state index contributed by atoms with van der Waals surface area (Å²) in [6, 6.07) is 4.62. The number of nitrogens with one attached hydrogen (secondary N) is 1. The molecule has 0 unspecified atom stereocenters. The van der Waals surface area contributed by atoms with E-state index in [4.69, 9.17) is 9.47 Å². The fourth-order valence-corrected chi connectivity index (χ4v) is 5.05. The molecular formula is C20H28N2O6S. The van der Waals surface area contributed by atoms with Crippen molar-refractivity contribution in [3.8, 4) is 0 Å². The first-order chi connectivity index (χ1) is 13.9. The summed E-state index contributed by atoms with van der Waals surface area (Å²) in [5, 5.41) is 2.66. The van der Waals surface area contributed by atoms with Gasteiger partial charge >= 0.3 is 5.97 Å². The third-order valence-electron chi connectivity index (χ3n) is 5.37. The van der Waals surface area contributed by atoms with Crippen molar-refractivity contribution in [2.75, 3.05) is 38.2 Å². The molecule has 1 heterocycles. The van der Waals surface area contributed by atoms with E-state index in [0.717, 1.165) is 37.7 Å². The molecule has 1 N–H and O–H groups in total. The van der Waals surface area contributed by atoms with Crippen molar-refractivity contribution >= 4 is 27.6 Å². The Balaban J connectivity index is 1.62. The maximum absolute atomic E-state index is 12.8. The minimum absolute atomic E-state index is 0.111. The molecule has 1 aromatic carbocycles. The van der Waals surface area contributed by atoms with Crippen molar-refractivity contribution < 1.29 is 27.5 Å². The van der Waals surface area contributed by atoms with E-state index in [1.807, 2.05) is 0 Å². The molecule has 29 heavy (non-hydrogen) atoms. The number of aryl methyl sites for hydroxylation is 1. The molecule has 1 amide bonds. The molecule has 0 radical (unpaired) electrons. The summed E-state index contributed by atoms with van der Waals surface area (Å²) in [7, 11) is -3.66. The molecule has 0 spiro atoms. The van der Waals surface area contributed by atoms with Crippen LogP contribution >= 0.6 is 0 Å². The fourth-order valence-electron chi connectivity index (χ4n) is 3.61. The zero-order valence-corrected chi connectivity index (χ0v) is 17.5. The molecule has 2 fully saturated rings. The Morgan fingerprint density at radius 1 is 1.17 bits per heavy atom. The SMILES string of the molecule is Cc1ccc(S(=O)(=O)N2CCOCC2)cc1NC(=O)COC(=O)C1CCCCC1. The van der Waals surface area contributed by atoms with Crippen molar-refractivity contribution in [2.45, 2.75) is 43.9 Å². The smallest absolute Gasteiger partial charge is 0.309 e.